The molecular weight excluding hydrogens is 196 g/mol. The van der Waals surface area contributed by atoms with Gasteiger partial charge in [-0.3, -0.25) is 9.69 Å². The first kappa shape index (κ1) is 11.8. The number of hydrogen-bond donors (Lipinski definition) is 2. The molecule has 0 bridgehead atoms. The Balaban J connectivity index is 3.05. The van der Waals surface area contributed by atoms with E-state index in [1.165, 1.54) is 4.90 Å². The quantitative estimate of drug-likeness (QED) is 0.629. The van der Waals surface area contributed by atoms with Crippen molar-refractivity contribution in [2.45, 2.75) is 33.2 Å². The number of nitrogens with zero attached hydrogens (tertiary/aromatic N) is 1. The Labute approximate surface area is 89.4 Å². The number of nitrogens with one attached hydrogen (secondary N) is 1. The van der Waals surface area contributed by atoms with E-state index in [9.17, 15) is 9.59 Å². The summed E-state index contributed by atoms with van der Waals surface area (Å²) >= 11 is 0. The smallest absolute Gasteiger partial charge is 0.408 e. The van der Waals surface area contributed by atoms with E-state index >= 15 is 0 Å². The van der Waals surface area contributed by atoms with Crippen molar-refractivity contribution < 1.29 is 14.7 Å². The minimum atomic E-state index is -1.04. The molecule has 1 fully saturated rings. The van der Waals surface area contributed by atoms with Crippen LogP contribution in [0.15, 0.2) is 0 Å². The highest BCUT2D eigenvalue weighted by Crippen LogP contribution is 2.36. The zero-order chi connectivity index (χ0) is 11.9. The Kier molecular flexibility index (Phi) is 2.67. The molecule has 1 saturated heterocycles. The van der Waals surface area contributed by atoms with Crippen molar-refractivity contribution in [1.82, 2.24) is 10.2 Å². The summed E-state index contributed by atoms with van der Waals surface area (Å²) in [5, 5.41) is 11.8. The average molecular weight is 214 g/mol. The minimum absolute atomic E-state index is 0.0803. The van der Waals surface area contributed by atoms with Gasteiger partial charge in [0.15, 0.2) is 0 Å². The van der Waals surface area contributed by atoms with Gasteiger partial charge in [0.2, 0.25) is 5.91 Å². The number of carbonyl (C=O) groups excluding carboxylic acids is 1. The molecule has 5 nitrogen and oxygen atoms in total. The molecule has 1 atom stereocenters. The number of carbonyl (C=O) groups is 2. The van der Waals surface area contributed by atoms with Crippen LogP contribution in [0.25, 0.3) is 0 Å². The summed E-state index contributed by atoms with van der Waals surface area (Å²) in [6, 6.07) is 0. The lowest BCUT2D eigenvalue weighted by Gasteiger charge is -2.50. The standard InChI is InChI=1S/C10H18N2O3/c1-9(2,3)10(4)6-11-7(13)5-12(10)8(14)15/h5-6H2,1-4H3,(H,11,13)(H,14,15)/t10-/m1/s1. The van der Waals surface area contributed by atoms with Gasteiger partial charge in [0.25, 0.3) is 0 Å². The molecule has 15 heavy (non-hydrogen) atoms. The second-order valence-corrected chi connectivity index (χ2v) is 5.17. The Morgan fingerprint density at radius 2 is 2.07 bits per heavy atom. The van der Waals surface area contributed by atoms with Crippen LogP contribution >= 0.6 is 0 Å². The van der Waals surface area contributed by atoms with E-state index in [0.29, 0.717) is 6.54 Å². The van der Waals surface area contributed by atoms with E-state index in [4.69, 9.17) is 5.11 Å². The molecule has 2 amide bonds. The van der Waals surface area contributed by atoms with Crippen LogP contribution in [0.2, 0.25) is 0 Å². The molecule has 0 aromatic rings. The largest absolute Gasteiger partial charge is 0.465 e. The predicted molar refractivity (Wildman–Crippen MR) is 55.6 cm³/mol. The minimum Gasteiger partial charge on any atom is -0.465 e. The molecule has 5 heteroatoms. The molecule has 86 valence electrons. The van der Waals surface area contributed by atoms with E-state index in [0.717, 1.165) is 0 Å². The molecule has 1 aliphatic heterocycles. The topological polar surface area (TPSA) is 69.6 Å². The van der Waals surface area contributed by atoms with Crippen LogP contribution in [0.3, 0.4) is 0 Å². The molecule has 0 aliphatic carbocycles. The summed E-state index contributed by atoms with van der Waals surface area (Å²) < 4.78 is 0. The van der Waals surface area contributed by atoms with Crippen LogP contribution in [-0.4, -0.2) is 40.6 Å². The van der Waals surface area contributed by atoms with Gasteiger partial charge in [-0.05, 0) is 12.3 Å². The lowest BCUT2D eigenvalue weighted by molar-refractivity contribution is -0.129. The van der Waals surface area contributed by atoms with Crippen LogP contribution in [0.1, 0.15) is 27.7 Å². The van der Waals surface area contributed by atoms with E-state index in [-0.39, 0.29) is 17.9 Å². The third-order valence-electron chi connectivity index (χ3n) is 3.37. The number of amides is 2. The summed E-state index contributed by atoms with van der Waals surface area (Å²) in [6.45, 7) is 8.06. The third-order valence-corrected chi connectivity index (χ3v) is 3.37. The summed E-state index contributed by atoms with van der Waals surface area (Å²) in [6.07, 6.45) is -1.04. The van der Waals surface area contributed by atoms with Crippen LogP contribution in [0.5, 0.6) is 0 Å². The fraction of sp³-hybridized carbons (Fsp3) is 0.800. The fourth-order valence-electron chi connectivity index (χ4n) is 1.69. The third kappa shape index (κ3) is 1.91. The first-order chi connectivity index (χ1) is 6.68. The summed E-state index contributed by atoms with van der Waals surface area (Å²) in [5.74, 6) is -0.237. The Morgan fingerprint density at radius 3 is 2.47 bits per heavy atom. The van der Waals surface area contributed by atoms with Crippen LogP contribution < -0.4 is 5.32 Å². The van der Waals surface area contributed by atoms with Crippen molar-refractivity contribution >= 4 is 12.0 Å². The molecule has 0 aromatic carbocycles. The normalized spacial score (nSPS) is 27.5. The average Bonchev–Trinajstić information content (AvgIpc) is 2.07. The van der Waals surface area contributed by atoms with Gasteiger partial charge in [0.1, 0.15) is 6.54 Å². The summed E-state index contributed by atoms with van der Waals surface area (Å²) in [4.78, 5) is 23.5. The Bertz CT molecular complexity index is 296. The molecule has 0 aromatic heterocycles. The number of rotatable bonds is 0. The van der Waals surface area contributed by atoms with Crippen molar-refractivity contribution in [2.75, 3.05) is 13.1 Å². The molecular formula is C10H18N2O3. The molecule has 1 heterocycles. The van der Waals surface area contributed by atoms with Gasteiger partial charge in [-0.25, -0.2) is 4.79 Å². The van der Waals surface area contributed by atoms with Gasteiger partial charge in [-0.2, -0.15) is 0 Å². The second-order valence-electron chi connectivity index (χ2n) is 5.17. The fourth-order valence-corrected chi connectivity index (χ4v) is 1.69. The second kappa shape index (κ2) is 3.40. The first-order valence-electron chi connectivity index (χ1n) is 4.96. The molecule has 1 aliphatic rings. The van der Waals surface area contributed by atoms with Crippen molar-refractivity contribution in [3.8, 4) is 0 Å². The maximum absolute atomic E-state index is 11.2. The zero-order valence-corrected chi connectivity index (χ0v) is 9.63. The SMILES string of the molecule is CC(C)(C)[C@@]1(C)CNC(=O)CN1C(=O)O. The van der Waals surface area contributed by atoms with Crippen LogP contribution in [0, 0.1) is 5.41 Å². The van der Waals surface area contributed by atoms with Crippen molar-refractivity contribution in [3.05, 3.63) is 0 Å². The van der Waals surface area contributed by atoms with Gasteiger partial charge < -0.3 is 10.4 Å². The molecule has 0 saturated carbocycles. The molecule has 0 spiro atoms. The van der Waals surface area contributed by atoms with E-state index in [2.05, 4.69) is 5.32 Å². The highest BCUT2D eigenvalue weighted by Gasteiger charge is 2.48. The van der Waals surface area contributed by atoms with E-state index < -0.39 is 11.6 Å². The van der Waals surface area contributed by atoms with Crippen molar-refractivity contribution in [1.29, 1.82) is 0 Å². The van der Waals surface area contributed by atoms with Crippen LogP contribution in [-0.2, 0) is 4.79 Å². The Hall–Kier alpha value is -1.26. The van der Waals surface area contributed by atoms with Crippen molar-refractivity contribution in [3.63, 3.8) is 0 Å². The monoisotopic (exact) mass is 214 g/mol. The van der Waals surface area contributed by atoms with Gasteiger partial charge >= 0.3 is 6.09 Å². The van der Waals surface area contributed by atoms with Gasteiger partial charge in [0.05, 0.1) is 5.54 Å². The van der Waals surface area contributed by atoms with Crippen molar-refractivity contribution in [2.24, 2.45) is 5.41 Å². The number of carboxylic acid groups (broad SMARTS) is 1. The van der Waals surface area contributed by atoms with Crippen LogP contribution in [0.4, 0.5) is 4.79 Å². The zero-order valence-electron chi connectivity index (χ0n) is 9.63. The molecule has 2 N–H and O–H groups in total. The van der Waals surface area contributed by atoms with E-state index in [1.54, 1.807) is 0 Å². The summed E-state index contributed by atoms with van der Waals surface area (Å²) in [5.41, 5.74) is -0.786. The predicted octanol–water partition coefficient (Wildman–Crippen LogP) is 0.901. The maximum Gasteiger partial charge on any atom is 0.408 e. The number of piperazine rings is 1. The van der Waals surface area contributed by atoms with Gasteiger partial charge in [-0.1, -0.05) is 20.8 Å². The molecule has 0 radical (unpaired) electrons. The summed E-state index contributed by atoms with van der Waals surface area (Å²) in [7, 11) is 0. The first-order valence-corrected chi connectivity index (χ1v) is 4.96. The van der Waals surface area contributed by atoms with Gasteiger partial charge in [-0.15, -0.1) is 0 Å². The maximum atomic E-state index is 11.2. The Morgan fingerprint density at radius 1 is 1.53 bits per heavy atom. The highest BCUT2D eigenvalue weighted by molar-refractivity contribution is 5.83. The number of hydrogen-bond acceptors (Lipinski definition) is 2. The lowest BCUT2D eigenvalue weighted by atomic mass is 9.72. The van der Waals surface area contributed by atoms with Gasteiger partial charge in [0, 0.05) is 6.54 Å². The highest BCUT2D eigenvalue weighted by atomic mass is 16.4. The van der Waals surface area contributed by atoms with E-state index in [1.807, 2.05) is 27.7 Å². The molecule has 1 rings (SSSR count). The lowest BCUT2D eigenvalue weighted by Crippen LogP contribution is -2.68. The molecule has 0 unspecified atom stereocenters.